The van der Waals surface area contributed by atoms with Crippen molar-refractivity contribution in [1.29, 1.82) is 0 Å². The van der Waals surface area contributed by atoms with Crippen LogP contribution in [0.15, 0.2) is 53.5 Å². The second kappa shape index (κ2) is 12.8. The molecule has 3 aliphatic rings. The summed E-state index contributed by atoms with van der Waals surface area (Å²) in [4.78, 5) is 24.8. The first-order chi connectivity index (χ1) is 22.3. The molecule has 2 aromatic heterocycles. The number of aromatic nitrogens is 3. The fraction of sp³-hybridized carbons (Fsp3) is 0.389. The highest BCUT2D eigenvalue weighted by Gasteiger charge is 2.39. The van der Waals surface area contributed by atoms with E-state index in [-0.39, 0.29) is 12.3 Å². The summed E-state index contributed by atoms with van der Waals surface area (Å²) in [5, 5.41) is 10.7. The van der Waals surface area contributed by atoms with Gasteiger partial charge in [0.1, 0.15) is 16.9 Å². The number of aliphatic imine (C=N–C) groups is 1. The van der Waals surface area contributed by atoms with Crippen LogP contribution in [0.5, 0.6) is 0 Å². The highest BCUT2D eigenvalue weighted by molar-refractivity contribution is 7.15. The number of thiophene rings is 1. The van der Waals surface area contributed by atoms with E-state index in [9.17, 15) is 4.79 Å². The normalized spacial score (nSPS) is 18.6. The number of likely N-dealkylation sites (tertiary alicyclic amines) is 2. The van der Waals surface area contributed by atoms with E-state index in [0.717, 1.165) is 78.1 Å². The lowest BCUT2D eigenvalue weighted by molar-refractivity contribution is -0.139. The first-order valence-corrected chi connectivity index (χ1v) is 17.2. The maximum absolute atomic E-state index is 13.8. The largest absolute Gasteiger partial charge is 0.339 e. The summed E-state index contributed by atoms with van der Waals surface area (Å²) in [6, 6.07) is 16.4. The molecule has 2 aromatic carbocycles. The Balaban J connectivity index is 1.04. The molecule has 3 aliphatic heterocycles. The molecule has 0 radical (unpaired) electrons. The van der Waals surface area contributed by atoms with Gasteiger partial charge in [-0.25, -0.2) is 0 Å². The molecule has 0 unspecified atom stereocenters. The topological polar surface area (TPSA) is 92.6 Å². The van der Waals surface area contributed by atoms with E-state index in [2.05, 4.69) is 69.6 Å². The van der Waals surface area contributed by atoms with Gasteiger partial charge in [0.2, 0.25) is 5.91 Å². The van der Waals surface area contributed by atoms with Gasteiger partial charge >= 0.3 is 0 Å². The first-order valence-electron chi connectivity index (χ1n) is 16.0. The Hall–Kier alpha value is -3.81. The zero-order valence-corrected chi connectivity index (χ0v) is 28.0. The molecule has 1 atom stereocenters. The summed E-state index contributed by atoms with van der Waals surface area (Å²) in [7, 11) is 0. The van der Waals surface area contributed by atoms with Crippen LogP contribution in [0.25, 0.3) is 5.00 Å². The number of aryl methyl sites for hydroxylation is 2. The van der Waals surface area contributed by atoms with E-state index >= 15 is 0 Å². The predicted octanol–water partition coefficient (Wildman–Crippen LogP) is 5.59. The van der Waals surface area contributed by atoms with Gasteiger partial charge in [-0.15, -0.1) is 21.5 Å². The van der Waals surface area contributed by atoms with Crippen LogP contribution >= 0.6 is 22.9 Å². The van der Waals surface area contributed by atoms with Gasteiger partial charge in [0.25, 0.3) is 0 Å². The zero-order chi connectivity index (χ0) is 31.9. The molecule has 7 rings (SSSR count). The van der Waals surface area contributed by atoms with E-state index in [1.807, 2.05) is 36.1 Å². The Labute approximate surface area is 279 Å². The minimum absolute atomic E-state index is 0.110. The smallest absolute Gasteiger partial charge is 0.225 e. The number of carbonyl (C=O) groups is 1. The number of fused-ring (bicyclic) bond motifs is 3. The highest BCUT2D eigenvalue weighted by atomic mass is 35.5. The van der Waals surface area contributed by atoms with Gasteiger partial charge in [-0.1, -0.05) is 47.7 Å². The van der Waals surface area contributed by atoms with E-state index in [0.29, 0.717) is 23.5 Å². The zero-order valence-electron chi connectivity index (χ0n) is 26.5. The molecule has 0 bridgehead atoms. The van der Waals surface area contributed by atoms with Crippen molar-refractivity contribution in [3.8, 4) is 16.8 Å². The summed E-state index contributed by atoms with van der Waals surface area (Å²) < 4.78 is 2.11. The maximum Gasteiger partial charge on any atom is 0.225 e. The molecule has 4 aromatic rings. The highest BCUT2D eigenvalue weighted by Crippen LogP contribution is 2.40. The van der Waals surface area contributed by atoms with Crippen molar-refractivity contribution in [1.82, 2.24) is 24.6 Å². The molecule has 0 spiro atoms. The second-order valence-electron chi connectivity index (χ2n) is 12.5. The molecule has 0 saturated carbocycles. The lowest BCUT2D eigenvalue weighted by Gasteiger charge is -2.47. The van der Waals surface area contributed by atoms with E-state index < -0.39 is 6.04 Å². The molecule has 0 aliphatic carbocycles. The Morgan fingerprint density at radius 3 is 2.43 bits per heavy atom. The molecule has 5 heterocycles. The van der Waals surface area contributed by atoms with Gasteiger partial charge in [-0.05, 0) is 88.0 Å². The lowest BCUT2D eigenvalue weighted by Crippen LogP contribution is -2.62. The number of carbonyl (C=O) groups excluding carboxylic acids is 1. The van der Waals surface area contributed by atoms with Crippen molar-refractivity contribution in [2.45, 2.75) is 58.0 Å². The number of amides is 1. The van der Waals surface area contributed by atoms with Gasteiger partial charge in [-0.3, -0.25) is 19.3 Å². The van der Waals surface area contributed by atoms with E-state index in [4.69, 9.17) is 22.3 Å². The van der Waals surface area contributed by atoms with Gasteiger partial charge < -0.3 is 10.6 Å². The third-order valence-electron chi connectivity index (χ3n) is 9.70. The summed E-state index contributed by atoms with van der Waals surface area (Å²) >= 11 is 7.97. The molecule has 2 fully saturated rings. The van der Waals surface area contributed by atoms with Gasteiger partial charge in [-0.2, -0.15) is 0 Å². The van der Waals surface area contributed by atoms with Crippen molar-refractivity contribution >= 4 is 34.6 Å². The Morgan fingerprint density at radius 2 is 1.74 bits per heavy atom. The number of nitrogens with zero attached hydrogens (tertiary/aromatic N) is 6. The fourth-order valence-electron chi connectivity index (χ4n) is 6.91. The van der Waals surface area contributed by atoms with Gasteiger partial charge in [0.05, 0.1) is 18.7 Å². The van der Waals surface area contributed by atoms with Crippen LogP contribution in [0.1, 0.15) is 75.6 Å². The third-order valence-corrected chi connectivity index (χ3v) is 11.1. The fourth-order valence-corrected chi connectivity index (χ4v) is 8.25. The molecule has 2 N–H and O–H groups in total. The molecular formula is C36H38ClN7OS. The molecule has 236 valence electrons. The average Bonchev–Trinajstić information content (AvgIpc) is 3.52. The molecular weight excluding hydrogens is 614 g/mol. The average molecular weight is 652 g/mol. The molecule has 8 nitrogen and oxygen atoms in total. The van der Waals surface area contributed by atoms with Crippen molar-refractivity contribution in [3.05, 3.63) is 97.9 Å². The van der Waals surface area contributed by atoms with Crippen molar-refractivity contribution in [2.24, 2.45) is 10.7 Å². The Bertz CT molecular complexity index is 1850. The van der Waals surface area contributed by atoms with Gasteiger partial charge in [0.15, 0.2) is 5.82 Å². The number of rotatable bonds is 5. The minimum atomic E-state index is -0.443. The van der Waals surface area contributed by atoms with E-state index in [1.54, 1.807) is 11.3 Å². The summed E-state index contributed by atoms with van der Waals surface area (Å²) in [6.07, 6.45) is 2.50. The number of hydrogen-bond donors (Lipinski definition) is 1. The van der Waals surface area contributed by atoms with Crippen molar-refractivity contribution in [3.63, 3.8) is 0 Å². The minimum Gasteiger partial charge on any atom is -0.339 e. The van der Waals surface area contributed by atoms with Gasteiger partial charge in [0, 0.05) is 45.7 Å². The number of hydrogen-bond acceptors (Lipinski definition) is 7. The predicted molar refractivity (Wildman–Crippen MR) is 184 cm³/mol. The maximum atomic E-state index is 13.8. The third kappa shape index (κ3) is 5.80. The monoisotopic (exact) mass is 651 g/mol. The molecule has 46 heavy (non-hydrogen) atoms. The second-order valence-corrected chi connectivity index (χ2v) is 14.1. The van der Waals surface area contributed by atoms with Crippen molar-refractivity contribution in [2.75, 3.05) is 32.7 Å². The number of benzene rings is 2. The standard InChI is InChI=1S/C36H38ClN7OS/c1-22-23(2)46-36-33(22)34(28-10-12-29(37)13-11-28)39-31(35-41-40-24(3)44(35)36)19-32(45)43-20-30(21-43)42-17-14-27(15-18-42)26-8-6-25(7-9-26)5-4-16-38/h6-13,27,30-31H,14-21,38H2,1-3H3/t31-/m0/s1. The quantitative estimate of drug-likeness (QED) is 0.284. The van der Waals surface area contributed by atoms with Crippen LogP contribution in [0.4, 0.5) is 0 Å². The summed E-state index contributed by atoms with van der Waals surface area (Å²) in [5.74, 6) is 8.21. The van der Waals surface area contributed by atoms with E-state index in [1.165, 1.54) is 16.0 Å². The van der Waals surface area contributed by atoms with Crippen LogP contribution < -0.4 is 5.73 Å². The Kier molecular flexibility index (Phi) is 8.55. The van der Waals surface area contributed by atoms with Crippen LogP contribution in [0.2, 0.25) is 5.02 Å². The first kappa shape index (κ1) is 30.8. The lowest BCUT2D eigenvalue weighted by atomic mass is 9.88. The molecule has 1 amide bonds. The van der Waals surface area contributed by atoms with Crippen LogP contribution in [-0.2, 0) is 4.79 Å². The van der Waals surface area contributed by atoms with Crippen molar-refractivity contribution < 1.29 is 4.79 Å². The summed E-state index contributed by atoms with van der Waals surface area (Å²) in [5.41, 5.74) is 12.0. The number of nitrogens with two attached hydrogens (primary N) is 1. The van der Waals surface area contributed by atoms with Crippen LogP contribution in [0.3, 0.4) is 0 Å². The Morgan fingerprint density at radius 1 is 1.02 bits per heavy atom. The summed E-state index contributed by atoms with van der Waals surface area (Å²) in [6.45, 7) is 10.2. The SMILES string of the molecule is Cc1sc2c(c1C)C(c1ccc(Cl)cc1)=N[C@@H](CC(=O)N1CC(N3CCC(c4ccc(C#CCN)cc4)CC3)C1)c1nnc(C)n1-2. The van der Waals surface area contributed by atoms with Crippen LogP contribution in [-0.4, -0.2) is 74.9 Å². The molecule has 10 heteroatoms. The number of halogens is 1. The molecule has 2 saturated heterocycles. The number of piperidine rings is 1. The van der Waals surface area contributed by atoms with Crippen LogP contribution in [0, 0.1) is 32.6 Å².